The van der Waals surface area contributed by atoms with Crippen LogP contribution in [-0.2, 0) is 0 Å². The molecule has 5 aliphatic heterocycles. The molecule has 0 amide bonds. The molecule has 5 N–H and O–H groups in total. The zero-order chi connectivity index (χ0) is 41.9. The predicted octanol–water partition coefficient (Wildman–Crippen LogP) is 7.04. The second kappa shape index (κ2) is 15.0. The molecule has 2 unspecified atom stereocenters. The Morgan fingerprint density at radius 1 is 0.705 bits per heavy atom. The Morgan fingerprint density at radius 3 is 2.00 bits per heavy atom. The van der Waals surface area contributed by atoms with Crippen molar-refractivity contribution in [2.24, 2.45) is 57.6 Å². The summed E-state index contributed by atoms with van der Waals surface area (Å²) in [6, 6.07) is 25.7. The van der Waals surface area contributed by atoms with Crippen LogP contribution < -0.4 is 21.3 Å². The first-order valence-corrected chi connectivity index (χ1v) is 20.2. The second-order valence-corrected chi connectivity index (χ2v) is 15.7. The van der Waals surface area contributed by atoms with Gasteiger partial charge < -0.3 is 10.5 Å². The Balaban J connectivity index is 1.07. The molecule has 5 aromatic rings. The molecule has 4 aromatic carbocycles. The molecule has 2 atom stereocenters. The maximum Gasteiger partial charge on any atom is 0.250 e. The number of halogens is 1. The second-order valence-electron chi connectivity index (χ2n) is 14.5. The highest BCUT2D eigenvalue weighted by Gasteiger charge is 2.35. The van der Waals surface area contributed by atoms with Gasteiger partial charge in [-0.1, -0.05) is 66.9 Å². The third-order valence-electron chi connectivity index (χ3n) is 10.5. The highest BCUT2D eigenvalue weighted by molar-refractivity contribution is 8.00. The minimum absolute atomic E-state index is 0.0418. The largest absolute Gasteiger partial charge is 0.368 e. The molecule has 8 bridgehead atoms. The van der Waals surface area contributed by atoms with Gasteiger partial charge in [-0.15, -0.1) is 6.42 Å². The highest BCUT2D eigenvalue weighted by Crippen LogP contribution is 2.35. The maximum atomic E-state index is 6.40. The molecule has 296 valence electrons. The number of benzene rings is 4. The number of nitrogens with one attached hydrogen (secondary N) is 1. The number of terminal acetylenes is 1. The summed E-state index contributed by atoms with van der Waals surface area (Å²) in [6.07, 6.45) is 9.31. The van der Waals surface area contributed by atoms with Crippen molar-refractivity contribution in [2.45, 2.75) is 25.7 Å². The van der Waals surface area contributed by atoms with E-state index in [0.717, 1.165) is 55.1 Å². The van der Waals surface area contributed by atoms with Gasteiger partial charge in [-0.05, 0) is 85.4 Å². The van der Waals surface area contributed by atoms with Gasteiger partial charge >= 0.3 is 0 Å². The summed E-state index contributed by atoms with van der Waals surface area (Å²) in [7, 11) is 0. The van der Waals surface area contributed by atoms with Gasteiger partial charge in [0.1, 0.15) is 11.7 Å². The van der Waals surface area contributed by atoms with Crippen molar-refractivity contribution in [3.05, 3.63) is 141 Å². The van der Waals surface area contributed by atoms with Crippen molar-refractivity contribution >= 4 is 93.5 Å². The summed E-state index contributed by atoms with van der Waals surface area (Å²) in [4.78, 5) is 53.3. The number of aryl methyl sites for hydroxylation is 2. The molecule has 10 rings (SSSR count). The summed E-state index contributed by atoms with van der Waals surface area (Å²) in [5.74, 6) is 12.6. The number of aliphatic imine (C=N–C) groups is 8. The molecule has 5 aliphatic rings. The monoisotopic (exact) mass is 837 g/mol. The number of amidine groups is 8. The van der Waals surface area contributed by atoms with Crippen molar-refractivity contribution in [3.8, 4) is 12.3 Å². The fourth-order valence-electron chi connectivity index (χ4n) is 7.35. The van der Waals surface area contributed by atoms with Gasteiger partial charge in [0, 0.05) is 55.8 Å². The van der Waals surface area contributed by atoms with E-state index in [4.69, 9.17) is 69.5 Å². The predicted molar refractivity (Wildman–Crippen MR) is 245 cm³/mol. The number of rotatable bonds is 6. The fraction of sp³-hybridized carbons (Fsp3) is 0.114. The normalized spacial score (nSPS) is 18.1. The molecule has 0 spiro atoms. The van der Waals surface area contributed by atoms with Crippen molar-refractivity contribution in [3.63, 3.8) is 0 Å². The summed E-state index contributed by atoms with van der Waals surface area (Å²) >= 11 is 7.43. The van der Waals surface area contributed by atoms with Gasteiger partial charge in [-0.2, -0.15) is 15.0 Å². The first kappa shape index (κ1) is 37.8. The SMILES string of the molecule is C#C/C=C\C1C2=NC(=NC3=NC(=NC4=NC(=NC5=NC(=N2)c2cc(SNc6cc(N(N)c7nc(N)nc(Cl)n7)ccc6C)ccc25)c2ccccc24)c2ccc(C)cc23)C1C. The minimum Gasteiger partial charge on any atom is -0.368 e. The van der Waals surface area contributed by atoms with Gasteiger partial charge in [-0.3, -0.25) is 0 Å². The van der Waals surface area contributed by atoms with Crippen molar-refractivity contribution in [2.75, 3.05) is 15.5 Å². The van der Waals surface area contributed by atoms with E-state index in [-0.39, 0.29) is 29.0 Å². The van der Waals surface area contributed by atoms with Gasteiger partial charge in [-0.25, -0.2) is 50.8 Å². The van der Waals surface area contributed by atoms with E-state index in [9.17, 15) is 0 Å². The number of nitrogens with two attached hydrogens (primary N) is 2. The lowest BCUT2D eigenvalue weighted by molar-refractivity contribution is 0.699. The van der Waals surface area contributed by atoms with Crippen LogP contribution in [0.1, 0.15) is 51.4 Å². The fourth-order valence-corrected chi connectivity index (χ4v) is 8.27. The molecule has 0 fully saturated rings. The molecule has 15 nitrogen and oxygen atoms in total. The van der Waals surface area contributed by atoms with Gasteiger partial charge in [0.15, 0.2) is 35.0 Å². The Labute approximate surface area is 358 Å². The van der Waals surface area contributed by atoms with Crippen molar-refractivity contribution in [1.82, 2.24) is 15.0 Å². The molecule has 6 heterocycles. The van der Waals surface area contributed by atoms with Crippen LogP contribution in [0.25, 0.3) is 0 Å². The van der Waals surface area contributed by atoms with E-state index < -0.39 is 0 Å². The number of nitrogen functional groups attached to an aromatic ring is 1. The quantitative estimate of drug-likeness (QED) is 0.0698. The Bertz CT molecular complexity index is 3070. The van der Waals surface area contributed by atoms with Crippen LogP contribution in [-0.4, -0.2) is 61.6 Å². The summed E-state index contributed by atoms with van der Waals surface area (Å²) < 4.78 is 3.47. The molecule has 1 aromatic heterocycles. The molecular weight excluding hydrogens is 806 g/mol. The van der Waals surface area contributed by atoms with E-state index in [2.05, 4.69) is 38.6 Å². The van der Waals surface area contributed by atoms with E-state index in [1.54, 1.807) is 6.08 Å². The number of nitrogens with zero attached hydrogens (tertiary/aromatic N) is 12. The van der Waals surface area contributed by atoms with Crippen LogP contribution in [0.3, 0.4) is 0 Å². The third kappa shape index (κ3) is 6.90. The van der Waals surface area contributed by atoms with Crippen LogP contribution in [0, 0.1) is 38.0 Å². The number of hydrogen-bond acceptors (Lipinski definition) is 16. The first-order chi connectivity index (χ1) is 29.6. The first-order valence-electron chi connectivity index (χ1n) is 19.0. The average Bonchev–Trinajstić information content (AvgIpc) is 3.96. The zero-order valence-electron chi connectivity index (χ0n) is 32.7. The summed E-state index contributed by atoms with van der Waals surface area (Å²) in [5.41, 5.74) is 14.2. The van der Waals surface area contributed by atoms with Crippen LogP contribution in [0.2, 0.25) is 5.28 Å². The Morgan fingerprint density at radius 2 is 1.33 bits per heavy atom. The molecule has 0 radical (unpaired) electrons. The molecular formula is C44H32ClN15S. The van der Waals surface area contributed by atoms with Crippen molar-refractivity contribution < 1.29 is 0 Å². The zero-order valence-corrected chi connectivity index (χ0v) is 34.3. The average molecular weight is 838 g/mol. The molecule has 0 saturated carbocycles. The smallest absolute Gasteiger partial charge is 0.250 e. The standard InChI is InChI=1S/C44H32ClN15S/c1-5-6-9-26-23(4)34-48-35(26)50-41-32-20-25(61-59-33-19-24(14-13-22(33)3)60(47)44-57-42(45)56-43(46)58-44)15-17-30(32)39(55-41)53-37-28-11-8-7-10-27(28)36(51-37)52-38-29-16-12-21(2)18-31(29)40(49-34)54-38/h1,6-20,23,26,59H,47H2,2-4H3,(H2,46,56,57,58)/b9-6-,49-34?,49-40?,50-35?,50-41?,52-36?,52-38?,53-37?,53-39?. The number of allylic oxidation sites excluding steroid dienone is 1. The van der Waals surface area contributed by atoms with Gasteiger partial charge in [0.05, 0.1) is 5.69 Å². The van der Waals surface area contributed by atoms with E-state index in [1.165, 1.54) is 17.0 Å². The number of aromatic nitrogens is 3. The third-order valence-corrected chi connectivity index (χ3v) is 11.5. The highest BCUT2D eigenvalue weighted by atomic mass is 35.5. The Kier molecular flexibility index (Phi) is 9.28. The molecule has 61 heavy (non-hydrogen) atoms. The Hall–Kier alpha value is -7.45. The summed E-state index contributed by atoms with van der Waals surface area (Å²) in [5, 5.41) is 1.23. The summed E-state index contributed by atoms with van der Waals surface area (Å²) in [6.45, 7) is 6.08. The number of hydrogen-bond donors (Lipinski definition) is 3. The van der Waals surface area contributed by atoms with Crippen LogP contribution in [0.5, 0.6) is 0 Å². The maximum absolute atomic E-state index is 6.40. The molecule has 17 heteroatoms. The van der Waals surface area contributed by atoms with E-state index in [0.29, 0.717) is 52.4 Å². The van der Waals surface area contributed by atoms with Gasteiger partial charge in [0.2, 0.25) is 11.2 Å². The lowest BCUT2D eigenvalue weighted by Gasteiger charge is -2.19. The number of fused-ring (bicyclic) bond motifs is 13. The van der Waals surface area contributed by atoms with Crippen LogP contribution in [0.15, 0.2) is 136 Å². The van der Waals surface area contributed by atoms with Crippen LogP contribution >= 0.6 is 23.5 Å². The lowest BCUT2D eigenvalue weighted by Crippen LogP contribution is -2.27. The number of anilines is 4. The minimum atomic E-state index is -0.283. The molecule has 0 saturated heterocycles. The van der Waals surface area contributed by atoms with Crippen molar-refractivity contribution in [1.29, 1.82) is 0 Å². The lowest BCUT2D eigenvalue weighted by atomic mass is 9.94. The van der Waals surface area contributed by atoms with E-state index in [1.807, 2.05) is 92.7 Å². The van der Waals surface area contributed by atoms with E-state index >= 15 is 0 Å². The topological polar surface area (TPSA) is 205 Å². The van der Waals surface area contributed by atoms with Crippen LogP contribution in [0.4, 0.5) is 23.3 Å². The molecule has 0 aliphatic carbocycles. The van der Waals surface area contributed by atoms with Gasteiger partial charge in [0.25, 0.3) is 5.95 Å². The number of hydrazine groups is 1.